The van der Waals surface area contributed by atoms with Gasteiger partial charge in [-0.2, -0.15) is 0 Å². The summed E-state index contributed by atoms with van der Waals surface area (Å²) in [5.41, 5.74) is -2.02. The number of pyridine rings is 1. The van der Waals surface area contributed by atoms with E-state index in [4.69, 9.17) is 14.7 Å². The number of ether oxygens (including phenoxy) is 1. The van der Waals surface area contributed by atoms with Gasteiger partial charge in [-0.3, -0.25) is 4.79 Å². The summed E-state index contributed by atoms with van der Waals surface area (Å²) >= 11 is 0. The van der Waals surface area contributed by atoms with Gasteiger partial charge in [0, 0.05) is 70.4 Å². The third-order valence-electron chi connectivity index (χ3n) is 7.01. The van der Waals surface area contributed by atoms with Gasteiger partial charge in [0.25, 0.3) is 0 Å². The largest absolute Gasteiger partial charge is 0.477 e. The number of hydrogen-bond donors (Lipinski definition) is 2. The van der Waals surface area contributed by atoms with Gasteiger partial charge in [0.2, 0.25) is 5.43 Å². The van der Waals surface area contributed by atoms with Crippen molar-refractivity contribution in [3.63, 3.8) is 0 Å². The molecule has 37 heavy (non-hydrogen) atoms. The molecule has 2 aliphatic heterocycles. The van der Waals surface area contributed by atoms with Crippen LogP contribution in [0.3, 0.4) is 0 Å². The first-order chi connectivity index (χ1) is 17.8. The second kappa shape index (κ2) is 12.3. The Labute approximate surface area is 214 Å². The van der Waals surface area contributed by atoms with Gasteiger partial charge in [0.15, 0.2) is 5.82 Å². The number of aromatic carboxylic acids is 1. The molecule has 0 bridgehead atoms. The predicted octanol–water partition coefficient (Wildman–Crippen LogP) is 3.40. The van der Waals surface area contributed by atoms with Crippen LogP contribution in [0.1, 0.15) is 49.5 Å². The SMILES string of the molecule is CCNCC12CN(c3c(F)cc4c(=O)c(C(=O)O)cn(C5CC5)c4c3F)CC1CCO2.CCOP.O=O. The Morgan fingerprint density at radius 3 is 2.54 bits per heavy atom. The summed E-state index contributed by atoms with van der Waals surface area (Å²) in [5.74, 6) is -2.91. The topological polar surface area (TPSA) is 127 Å². The van der Waals surface area contributed by atoms with Crippen molar-refractivity contribution in [2.24, 2.45) is 5.92 Å². The summed E-state index contributed by atoms with van der Waals surface area (Å²) < 4.78 is 43.1. The molecule has 0 radical (unpaired) electrons. The van der Waals surface area contributed by atoms with Crippen LogP contribution in [0.5, 0.6) is 0 Å². The lowest BCUT2D eigenvalue weighted by molar-refractivity contribution is 0.00594. The van der Waals surface area contributed by atoms with Gasteiger partial charge in [-0.1, -0.05) is 6.92 Å². The first-order valence-electron chi connectivity index (χ1n) is 12.2. The second-order valence-electron chi connectivity index (χ2n) is 9.25. The predicted molar refractivity (Wildman–Crippen MR) is 139 cm³/mol. The van der Waals surface area contributed by atoms with Crippen molar-refractivity contribution in [2.45, 2.75) is 44.8 Å². The van der Waals surface area contributed by atoms with E-state index in [0.29, 0.717) is 26.2 Å². The molecule has 2 N–H and O–H groups in total. The van der Waals surface area contributed by atoms with Crippen molar-refractivity contribution >= 4 is 32.0 Å². The van der Waals surface area contributed by atoms with E-state index in [1.54, 1.807) is 4.90 Å². The quantitative estimate of drug-likeness (QED) is 0.505. The van der Waals surface area contributed by atoms with Crippen LogP contribution >= 0.6 is 9.47 Å². The van der Waals surface area contributed by atoms with E-state index >= 15 is 8.78 Å². The molecule has 2 saturated heterocycles. The lowest BCUT2D eigenvalue weighted by Crippen LogP contribution is -2.46. The molecule has 1 saturated carbocycles. The summed E-state index contributed by atoms with van der Waals surface area (Å²) in [6.45, 7) is 7.55. The van der Waals surface area contributed by atoms with Gasteiger partial charge in [0.05, 0.1) is 10.9 Å². The molecule has 3 heterocycles. The lowest BCUT2D eigenvalue weighted by Gasteiger charge is -2.29. The third-order valence-corrected chi connectivity index (χ3v) is 7.34. The van der Waals surface area contributed by atoms with Gasteiger partial charge in [0.1, 0.15) is 22.7 Å². The number of fused-ring (bicyclic) bond motifs is 2. The number of nitrogens with zero attached hydrogens (tertiary/aromatic N) is 2. The first-order valence-corrected chi connectivity index (χ1v) is 12.6. The van der Waals surface area contributed by atoms with E-state index in [-0.39, 0.29) is 28.6 Å². The molecule has 1 aromatic carbocycles. The van der Waals surface area contributed by atoms with Crippen LogP contribution in [-0.2, 0) is 9.26 Å². The molecule has 204 valence electrons. The Hall–Kier alpha value is -2.53. The van der Waals surface area contributed by atoms with Crippen LogP contribution in [0.25, 0.3) is 10.9 Å². The number of nitrogens with one attached hydrogen (secondary N) is 1. The molecule has 3 atom stereocenters. The molecular weight excluding hydrogens is 511 g/mol. The number of likely N-dealkylation sites (N-methyl/N-ethyl adjacent to an activating group) is 1. The zero-order valence-corrected chi connectivity index (χ0v) is 22.0. The van der Waals surface area contributed by atoms with Crippen LogP contribution in [0.2, 0.25) is 0 Å². The minimum atomic E-state index is -1.40. The van der Waals surface area contributed by atoms with E-state index in [1.807, 2.05) is 13.8 Å². The number of carbonyl (C=O) groups is 1. The van der Waals surface area contributed by atoms with Crippen molar-refractivity contribution < 1.29 is 27.9 Å². The smallest absolute Gasteiger partial charge is 0.341 e. The van der Waals surface area contributed by atoms with E-state index in [9.17, 15) is 14.7 Å². The molecule has 5 rings (SSSR count). The number of anilines is 1. The van der Waals surface area contributed by atoms with E-state index in [2.05, 4.69) is 19.3 Å². The maximum absolute atomic E-state index is 15.9. The zero-order valence-electron chi connectivity index (χ0n) is 20.8. The summed E-state index contributed by atoms with van der Waals surface area (Å²) in [6, 6.07) is 0.906. The zero-order chi connectivity index (χ0) is 27.3. The molecular formula is C24H32F2N3O7P. The monoisotopic (exact) mass is 543 g/mol. The highest BCUT2D eigenvalue weighted by Gasteiger charge is 2.51. The number of aromatic nitrogens is 1. The van der Waals surface area contributed by atoms with Gasteiger partial charge in [-0.05, 0) is 38.8 Å². The van der Waals surface area contributed by atoms with Crippen LogP contribution in [0.4, 0.5) is 14.5 Å². The summed E-state index contributed by atoms with van der Waals surface area (Å²) in [7, 11) is 2.16. The summed E-state index contributed by atoms with van der Waals surface area (Å²) in [5, 5.41) is 12.4. The Bertz CT molecular complexity index is 1190. The highest BCUT2D eigenvalue weighted by atomic mass is 31.0. The van der Waals surface area contributed by atoms with Gasteiger partial charge >= 0.3 is 5.97 Å². The van der Waals surface area contributed by atoms with Crippen molar-refractivity contribution in [1.29, 1.82) is 0 Å². The minimum absolute atomic E-state index is 0.0207. The number of halogens is 2. The summed E-state index contributed by atoms with van der Waals surface area (Å²) in [4.78, 5) is 39.9. The van der Waals surface area contributed by atoms with Gasteiger partial charge in [-0.25, -0.2) is 13.6 Å². The van der Waals surface area contributed by atoms with Crippen molar-refractivity contribution in [3.05, 3.63) is 49.6 Å². The molecule has 1 aliphatic carbocycles. The molecule has 3 aliphatic rings. The van der Waals surface area contributed by atoms with Crippen molar-refractivity contribution in [3.8, 4) is 0 Å². The van der Waals surface area contributed by atoms with E-state index < -0.39 is 34.2 Å². The van der Waals surface area contributed by atoms with Crippen LogP contribution < -0.4 is 15.6 Å². The average Bonchev–Trinajstić information content (AvgIpc) is 3.57. The average molecular weight is 544 g/mol. The maximum Gasteiger partial charge on any atom is 0.341 e. The number of hydrogen-bond acceptors (Lipinski definition) is 8. The molecule has 3 unspecified atom stereocenters. The first kappa shape index (κ1) is 29.0. The normalized spacial score (nSPS) is 22.2. The fourth-order valence-corrected chi connectivity index (χ4v) is 5.14. The molecule has 1 aromatic heterocycles. The second-order valence-corrected chi connectivity index (χ2v) is 9.58. The third kappa shape index (κ3) is 5.67. The Morgan fingerprint density at radius 1 is 1.30 bits per heavy atom. The standard InChI is InChI=1S/C22H25F2N3O4.C2H7OP.O2/c1-2-25-10-22-11-26(8-12(22)5-6-31-22)19-16(23)7-14-18(17(19)24)27(13-3-4-13)9-15(20(14)28)21(29)30;1-2-3-4;1-2/h7,9,12-13,25H,2-6,8,10-11H2,1H3,(H,29,30);2,4H2,1H3;. The fourth-order valence-electron chi connectivity index (χ4n) is 5.14. The number of rotatable bonds is 7. The van der Waals surface area contributed by atoms with Crippen molar-refractivity contribution in [2.75, 3.05) is 44.3 Å². The maximum atomic E-state index is 15.9. The van der Waals surface area contributed by atoms with E-state index in [1.165, 1.54) is 10.8 Å². The fraction of sp³-hybridized carbons (Fsp3) is 0.583. The molecule has 10 nitrogen and oxygen atoms in total. The van der Waals surface area contributed by atoms with Crippen molar-refractivity contribution in [1.82, 2.24) is 9.88 Å². The van der Waals surface area contributed by atoms with Gasteiger partial charge in [-0.15, -0.1) is 0 Å². The highest BCUT2D eigenvalue weighted by Crippen LogP contribution is 2.44. The van der Waals surface area contributed by atoms with Crippen LogP contribution in [-0.4, -0.2) is 60.6 Å². The minimum Gasteiger partial charge on any atom is -0.477 e. The molecule has 0 amide bonds. The van der Waals surface area contributed by atoms with E-state index in [0.717, 1.165) is 38.5 Å². The van der Waals surface area contributed by atoms with Gasteiger partial charge < -0.3 is 29.2 Å². The number of carboxylic acids is 1. The number of carboxylic acid groups (broad SMARTS) is 1. The molecule has 13 heteroatoms. The molecule has 2 aromatic rings. The Kier molecular flexibility index (Phi) is 9.68. The van der Waals surface area contributed by atoms with Crippen LogP contribution in [0.15, 0.2) is 17.1 Å². The Balaban J connectivity index is 0.000000580. The molecule has 0 spiro atoms. The highest BCUT2D eigenvalue weighted by molar-refractivity contribution is 7.09. The van der Waals surface area contributed by atoms with Crippen LogP contribution in [0, 0.1) is 27.5 Å². The summed E-state index contributed by atoms with van der Waals surface area (Å²) in [6.07, 6.45) is 3.54. The lowest BCUT2D eigenvalue weighted by atomic mass is 9.91. The molecule has 3 fully saturated rings. The number of benzene rings is 1. The Morgan fingerprint density at radius 2 is 1.97 bits per heavy atom.